The summed E-state index contributed by atoms with van der Waals surface area (Å²) in [5.74, 6) is 6.73. The van der Waals surface area contributed by atoms with Crippen molar-refractivity contribution in [2.45, 2.75) is 97.8 Å². The molecule has 1 aliphatic rings. The number of allylic oxidation sites excluding steroid dienone is 3. The van der Waals surface area contributed by atoms with Crippen LogP contribution >= 0.6 is 0 Å². The molecular formula is C41H53N3O. The van der Waals surface area contributed by atoms with Crippen molar-refractivity contribution in [3.05, 3.63) is 115 Å². The molecule has 1 aliphatic carbocycles. The minimum Gasteiger partial charge on any atom is -0.295 e. The monoisotopic (exact) mass is 603 g/mol. The van der Waals surface area contributed by atoms with E-state index >= 15 is 0 Å². The molecule has 0 fully saturated rings. The lowest BCUT2D eigenvalue weighted by molar-refractivity contribution is -0.115. The van der Waals surface area contributed by atoms with Gasteiger partial charge in [-0.15, -0.1) is 18.4 Å². The second-order valence-corrected chi connectivity index (χ2v) is 10.6. The highest BCUT2D eigenvalue weighted by Gasteiger charge is 2.16. The molecule has 238 valence electrons. The minimum absolute atomic E-state index is 0.409. The van der Waals surface area contributed by atoms with Gasteiger partial charge in [-0.1, -0.05) is 92.9 Å². The van der Waals surface area contributed by atoms with E-state index < -0.39 is 0 Å². The molecule has 0 atom stereocenters. The number of hydrogen-bond donors (Lipinski definition) is 0. The Morgan fingerprint density at radius 1 is 0.733 bits per heavy atom. The molecule has 0 N–H and O–H groups in total. The number of Topliss-reactive ketones (excluding diaryl/α,β-unsaturated/α-hetero) is 1. The second-order valence-electron chi connectivity index (χ2n) is 10.6. The standard InChI is InChI=1S/C12H10N2.C11H18O.C11H18.C7H7N/c1-3-7-11(8-4-1)13-14-12-9-5-2-6-10-12;1-3-4-8-11(12)10-7-5-6-9(10)2;1-3-5-7-9-11-10-8-6-4-2;1-8-7-5-3-2-4-6-7/h1-10H;3-8H2,1-2H3;3H,1,4-9H2,2H3;2-6H,1H2. The van der Waals surface area contributed by atoms with Gasteiger partial charge in [0.15, 0.2) is 5.78 Å². The van der Waals surface area contributed by atoms with Crippen LogP contribution in [-0.4, -0.2) is 12.5 Å². The summed E-state index contributed by atoms with van der Waals surface area (Å²) in [4.78, 5) is 15.3. The van der Waals surface area contributed by atoms with Crippen LogP contribution in [0.5, 0.6) is 0 Å². The maximum absolute atomic E-state index is 11.6. The number of benzene rings is 3. The summed E-state index contributed by atoms with van der Waals surface area (Å²) >= 11 is 0. The lowest BCUT2D eigenvalue weighted by Gasteiger charge is -2.01. The topological polar surface area (TPSA) is 54.1 Å². The number of azo groups is 1. The van der Waals surface area contributed by atoms with Crippen molar-refractivity contribution in [3.8, 4) is 11.8 Å². The Bertz CT molecular complexity index is 1280. The van der Waals surface area contributed by atoms with E-state index in [4.69, 9.17) is 0 Å². The summed E-state index contributed by atoms with van der Waals surface area (Å²) in [5, 5.41) is 8.20. The molecule has 0 unspecified atom stereocenters. The first kappa shape index (κ1) is 38.7. The van der Waals surface area contributed by atoms with E-state index in [1.165, 1.54) is 31.3 Å². The number of carbonyl (C=O) groups is 1. The molecule has 4 nitrogen and oxygen atoms in total. The Balaban J connectivity index is 0.000000306. The van der Waals surface area contributed by atoms with E-state index in [1.807, 2.05) is 97.1 Å². The van der Waals surface area contributed by atoms with Gasteiger partial charge in [0, 0.05) is 19.3 Å². The number of carbonyl (C=O) groups excluding carboxylic acids is 1. The molecule has 3 aromatic rings. The predicted molar refractivity (Wildman–Crippen MR) is 195 cm³/mol. The van der Waals surface area contributed by atoms with Crippen LogP contribution < -0.4 is 0 Å². The Labute approximate surface area is 273 Å². The average molecular weight is 604 g/mol. The Morgan fingerprint density at radius 3 is 1.62 bits per heavy atom. The molecule has 0 bridgehead atoms. The normalized spacial score (nSPS) is 11.4. The highest BCUT2D eigenvalue weighted by molar-refractivity contribution is 5.96. The van der Waals surface area contributed by atoms with E-state index in [9.17, 15) is 4.79 Å². The molecule has 0 amide bonds. The molecule has 4 heteroatoms. The Morgan fingerprint density at radius 2 is 1.22 bits per heavy atom. The molecule has 0 aliphatic heterocycles. The van der Waals surface area contributed by atoms with E-state index in [-0.39, 0.29) is 0 Å². The molecule has 0 spiro atoms. The summed E-state index contributed by atoms with van der Waals surface area (Å²) < 4.78 is 0. The Hall–Kier alpha value is -4.36. The van der Waals surface area contributed by atoms with Gasteiger partial charge in [-0.3, -0.25) is 9.79 Å². The fourth-order valence-electron chi connectivity index (χ4n) is 4.18. The molecule has 0 saturated heterocycles. The smallest absolute Gasteiger partial charge is 0.158 e. The van der Waals surface area contributed by atoms with Gasteiger partial charge in [-0.2, -0.15) is 10.2 Å². The van der Waals surface area contributed by atoms with Crippen LogP contribution in [0.1, 0.15) is 97.8 Å². The number of aliphatic imine (C=N–C) groups is 1. The molecular weight excluding hydrogens is 550 g/mol. The summed E-state index contributed by atoms with van der Waals surface area (Å²) in [6.07, 6.45) is 15.1. The predicted octanol–water partition coefficient (Wildman–Crippen LogP) is 12.9. The Kier molecular flexibility index (Phi) is 23.4. The fourth-order valence-corrected chi connectivity index (χ4v) is 4.18. The molecule has 45 heavy (non-hydrogen) atoms. The maximum Gasteiger partial charge on any atom is 0.158 e. The van der Waals surface area contributed by atoms with Crippen LogP contribution in [0.25, 0.3) is 0 Å². The number of hydrogen-bond acceptors (Lipinski definition) is 4. The SMILES string of the molecule is C=CCCCC#CCCCC.C=Nc1ccccc1.CCCCC(=O)C1=C(C)CCC1.c1ccc(N=Nc2ccccc2)cc1. The van der Waals surface area contributed by atoms with Crippen LogP contribution in [0, 0.1) is 11.8 Å². The van der Waals surface area contributed by atoms with Gasteiger partial charge in [-0.25, -0.2) is 0 Å². The van der Waals surface area contributed by atoms with Crippen LogP contribution in [-0.2, 0) is 4.79 Å². The number of unbranched alkanes of at least 4 members (excludes halogenated alkanes) is 5. The minimum atomic E-state index is 0.409. The van der Waals surface area contributed by atoms with Crippen LogP contribution in [0.4, 0.5) is 17.1 Å². The first-order valence-electron chi connectivity index (χ1n) is 16.4. The quantitative estimate of drug-likeness (QED) is 0.0668. The van der Waals surface area contributed by atoms with Crippen molar-refractivity contribution in [1.82, 2.24) is 0 Å². The summed E-state index contributed by atoms with van der Waals surface area (Å²) in [6, 6.07) is 29.0. The van der Waals surface area contributed by atoms with E-state index in [0.717, 1.165) is 74.0 Å². The van der Waals surface area contributed by atoms with Gasteiger partial charge in [0.05, 0.1) is 17.1 Å². The van der Waals surface area contributed by atoms with Crippen molar-refractivity contribution in [1.29, 1.82) is 0 Å². The van der Waals surface area contributed by atoms with Crippen LogP contribution in [0.3, 0.4) is 0 Å². The van der Waals surface area contributed by atoms with E-state index in [0.29, 0.717) is 5.78 Å². The number of ketones is 1. The molecule has 0 heterocycles. The zero-order valence-electron chi connectivity index (χ0n) is 27.9. The van der Waals surface area contributed by atoms with Crippen molar-refractivity contribution >= 4 is 29.6 Å². The first-order chi connectivity index (χ1) is 22.0. The van der Waals surface area contributed by atoms with Gasteiger partial charge < -0.3 is 0 Å². The zero-order chi connectivity index (χ0) is 32.8. The maximum atomic E-state index is 11.6. The lowest BCUT2D eigenvalue weighted by Crippen LogP contribution is -2.01. The molecule has 0 saturated carbocycles. The third-order valence-electron chi connectivity index (χ3n) is 6.81. The van der Waals surface area contributed by atoms with E-state index in [2.05, 4.69) is 61.1 Å². The molecule has 0 radical (unpaired) electrons. The number of para-hydroxylation sites is 1. The molecule has 0 aromatic heterocycles. The van der Waals surface area contributed by atoms with Crippen molar-refractivity contribution in [2.24, 2.45) is 15.2 Å². The van der Waals surface area contributed by atoms with Gasteiger partial charge in [0.25, 0.3) is 0 Å². The lowest BCUT2D eigenvalue weighted by atomic mass is 10.0. The van der Waals surface area contributed by atoms with Crippen molar-refractivity contribution < 1.29 is 4.79 Å². The van der Waals surface area contributed by atoms with Crippen molar-refractivity contribution in [3.63, 3.8) is 0 Å². The summed E-state index contributed by atoms with van der Waals surface area (Å²) in [6.45, 7) is 13.5. The zero-order valence-corrected chi connectivity index (χ0v) is 27.9. The van der Waals surface area contributed by atoms with E-state index in [1.54, 1.807) is 0 Å². The summed E-state index contributed by atoms with van der Waals surface area (Å²) in [5.41, 5.74) is 5.15. The van der Waals surface area contributed by atoms with Crippen LogP contribution in [0.15, 0.2) is 130 Å². The third kappa shape index (κ3) is 20.3. The van der Waals surface area contributed by atoms with Crippen molar-refractivity contribution in [2.75, 3.05) is 0 Å². The van der Waals surface area contributed by atoms with Gasteiger partial charge in [0.1, 0.15) is 0 Å². The highest BCUT2D eigenvalue weighted by atomic mass is 16.1. The van der Waals surface area contributed by atoms with Crippen LogP contribution in [0.2, 0.25) is 0 Å². The average Bonchev–Trinajstić information content (AvgIpc) is 3.54. The van der Waals surface area contributed by atoms with Gasteiger partial charge >= 0.3 is 0 Å². The molecule has 4 rings (SSSR count). The van der Waals surface area contributed by atoms with Gasteiger partial charge in [-0.05, 0) is 101 Å². The third-order valence-corrected chi connectivity index (χ3v) is 6.81. The highest BCUT2D eigenvalue weighted by Crippen LogP contribution is 2.27. The number of nitrogens with zero attached hydrogens (tertiary/aromatic N) is 3. The summed E-state index contributed by atoms with van der Waals surface area (Å²) in [7, 11) is 0. The first-order valence-corrected chi connectivity index (χ1v) is 16.4. The number of rotatable bonds is 12. The second kappa shape index (κ2) is 27.2. The van der Waals surface area contributed by atoms with Gasteiger partial charge in [0.2, 0.25) is 0 Å². The molecule has 3 aromatic carbocycles. The largest absolute Gasteiger partial charge is 0.295 e. The fraction of sp³-hybridized carbons (Fsp3) is 0.366.